The molecule has 3 heteroatoms. The monoisotopic (exact) mass is 244 g/mol. The third kappa shape index (κ3) is 1.84. The Morgan fingerprint density at radius 3 is 2.78 bits per heavy atom. The van der Waals surface area contributed by atoms with E-state index in [0.29, 0.717) is 0 Å². The topological polar surface area (TPSA) is 37.2 Å². The number of para-hydroxylation sites is 1. The molecule has 96 valence electrons. The average Bonchev–Trinajstić information content (AvgIpc) is 2.67. The molecule has 0 bridgehead atoms. The Morgan fingerprint density at radius 1 is 1.33 bits per heavy atom. The van der Waals surface area contributed by atoms with Crippen LogP contribution in [0.2, 0.25) is 0 Å². The molecular weight excluding hydrogens is 224 g/mol. The minimum atomic E-state index is -0.0169. The first-order valence-electron chi connectivity index (χ1n) is 6.63. The molecule has 2 aromatic rings. The summed E-state index contributed by atoms with van der Waals surface area (Å²) in [7, 11) is 2.08. The minimum Gasteiger partial charge on any atom is -0.394 e. The molecule has 0 spiro atoms. The van der Waals surface area contributed by atoms with Gasteiger partial charge in [0.05, 0.1) is 6.61 Å². The van der Waals surface area contributed by atoms with Crippen molar-refractivity contribution in [2.75, 3.05) is 6.61 Å². The minimum absolute atomic E-state index is 0.0169. The van der Waals surface area contributed by atoms with Crippen LogP contribution < -0.4 is 5.32 Å². The zero-order valence-corrected chi connectivity index (χ0v) is 10.8. The normalized spacial score (nSPS) is 17.9. The van der Waals surface area contributed by atoms with Gasteiger partial charge in [-0.1, -0.05) is 18.2 Å². The van der Waals surface area contributed by atoms with Crippen molar-refractivity contribution >= 4 is 10.9 Å². The number of nitrogens with zero attached hydrogens (tertiary/aromatic N) is 1. The summed E-state index contributed by atoms with van der Waals surface area (Å²) in [6, 6.07) is 8.46. The Balaban J connectivity index is 1.82. The van der Waals surface area contributed by atoms with Gasteiger partial charge < -0.3 is 15.0 Å². The third-order valence-electron chi connectivity index (χ3n) is 4.25. The number of nitrogens with one attached hydrogen (secondary N) is 1. The van der Waals surface area contributed by atoms with E-state index in [-0.39, 0.29) is 12.1 Å². The van der Waals surface area contributed by atoms with Crippen molar-refractivity contribution in [3.8, 4) is 0 Å². The summed E-state index contributed by atoms with van der Waals surface area (Å²) in [6.45, 7) is 1.08. The van der Waals surface area contributed by atoms with Crippen molar-refractivity contribution in [1.29, 1.82) is 0 Å². The van der Waals surface area contributed by atoms with E-state index in [0.717, 1.165) is 19.4 Å². The molecule has 0 saturated heterocycles. The number of aromatic nitrogens is 1. The summed E-state index contributed by atoms with van der Waals surface area (Å²) in [6.07, 6.45) is 5.59. The fourth-order valence-electron chi connectivity index (χ4n) is 2.84. The Kier molecular flexibility index (Phi) is 2.88. The number of fused-ring (bicyclic) bond motifs is 1. The predicted molar refractivity (Wildman–Crippen MR) is 73.4 cm³/mol. The lowest BCUT2D eigenvalue weighted by Crippen LogP contribution is -2.53. The van der Waals surface area contributed by atoms with Gasteiger partial charge >= 0.3 is 0 Å². The summed E-state index contributed by atoms with van der Waals surface area (Å²) in [5.41, 5.74) is 2.56. The molecule has 0 aliphatic heterocycles. The quantitative estimate of drug-likeness (QED) is 0.865. The van der Waals surface area contributed by atoms with Gasteiger partial charge in [-0.05, 0) is 30.9 Å². The van der Waals surface area contributed by atoms with Crippen LogP contribution in [0, 0.1) is 0 Å². The second-order valence-electron chi connectivity index (χ2n) is 5.43. The fraction of sp³-hybridized carbons (Fsp3) is 0.467. The lowest BCUT2D eigenvalue weighted by atomic mass is 9.77. The van der Waals surface area contributed by atoms with Crippen molar-refractivity contribution in [1.82, 2.24) is 9.88 Å². The maximum Gasteiger partial charge on any atom is 0.0613 e. The predicted octanol–water partition coefficient (Wildman–Crippen LogP) is 2.18. The van der Waals surface area contributed by atoms with E-state index in [4.69, 9.17) is 0 Å². The zero-order chi connectivity index (χ0) is 12.6. The molecule has 0 atom stereocenters. The van der Waals surface area contributed by atoms with Crippen molar-refractivity contribution in [3.05, 3.63) is 36.0 Å². The smallest absolute Gasteiger partial charge is 0.0613 e. The fourth-order valence-corrected chi connectivity index (χ4v) is 2.84. The van der Waals surface area contributed by atoms with E-state index in [1.807, 2.05) is 0 Å². The van der Waals surface area contributed by atoms with Gasteiger partial charge in [-0.25, -0.2) is 0 Å². The van der Waals surface area contributed by atoms with Crippen LogP contribution in [0.1, 0.15) is 24.8 Å². The van der Waals surface area contributed by atoms with Crippen LogP contribution in [0.25, 0.3) is 10.9 Å². The zero-order valence-electron chi connectivity index (χ0n) is 10.8. The number of benzene rings is 1. The van der Waals surface area contributed by atoms with Crippen LogP contribution in [0.5, 0.6) is 0 Å². The van der Waals surface area contributed by atoms with Gasteiger partial charge in [-0.15, -0.1) is 0 Å². The first kappa shape index (κ1) is 11.8. The SMILES string of the molecule is Cn1cc(CNC2(CO)CCC2)c2ccccc21. The number of aryl methyl sites for hydroxylation is 1. The van der Waals surface area contributed by atoms with E-state index >= 15 is 0 Å². The second kappa shape index (κ2) is 4.41. The van der Waals surface area contributed by atoms with Crippen molar-refractivity contribution in [2.45, 2.75) is 31.3 Å². The van der Waals surface area contributed by atoms with Gasteiger partial charge in [-0.2, -0.15) is 0 Å². The Hall–Kier alpha value is -1.32. The molecule has 1 saturated carbocycles. The molecule has 1 heterocycles. The van der Waals surface area contributed by atoms with Crippen LogP contribution in [0.15, 0.2) is 30.5 Å². The summed E-state index contributed by atoms with van der Waals surface area (Å²) in [5, 5.41) is 14.3. The van der Waals surface area contributed by atoms with Gasteiger partial charge in [0.15, 0.2) is 0 Å². The third-order valence-corrected chi connectivity index (χ3v) is 4.25. The van der Waals surface area contributed by atoms with Crippen LogP contribution >= 0.6 is 0 Å². The van der Waals surface area contributed by atoms with Gasteiger partial charge in [0.2, 0.25) is 0 Å². The van der Waals surface area contributed by atoms with Crippen LogP contribution in [0.3, 0.4) is 0 Å². The average molecular weight is 244 g/mol. The molecule has 1 aliphatic rings. The van der Waals surface area contributed by atoms with Gasteiger partial charge in [0, 0.05) is 36.2 Å². The first-order chi connectivity index (χ1) is 8.74. The Bertz CT molecular complexity index is 549. The number of hydrogen-bond donors (Lipinski definition) is 2. The highest BCUT2D eigenvalue weighted by Crippen LogP contribution is 2.32. The number of hydrogen-bond acceptors (Lipinski definition) is 2. The van der Waals surface area contributed by atoms with Crippen molar-refractivity contribution < 1.29 is 5.11 Å². The van der Waals surface area contributed by atoms with E-state index in [9.17, 15) is 5.11 Å². The molecule has 1 aromatic carbocycles. The molecule has 2 N–H and O–H groups in total. The van der Waals surface area contributed by atoms with E-state index in [2.05, 4.69) is 47.4 Å². The number of rotatable bonds is 4. The summed E-state index contributed by atoms with van der Waals surface area (Å²) >= 11 is 0. The van der Waals surface area contributed by atoms with Gasteiger partial charge in [-0.3, -0.25) is 0 Å². The van der Waals surface area contributed by atoms with Gasteiger partial charge in [0.1, 0.15) is 0 Å². The van der Waals surface area contributed by atoms with Crippen LogP contribution in [-0.2, 0) is 13.6 Å². The molecule has 0 amide bonds. The molecule has 3 rings (SSSR count). The highest BCUT2D eigenvalue weighted by atomic mass is 16.3. The van der Waals surface area contributed by atoms with Crippen molar-refractivity contribution in [2.24, 2.45) is 7.05 Å². The molecule has 3 nitrogen and oxygen atoms in total. The second-order valence-corrected chi connectivity index (χ2v) is 5.43. The van der Waals surface area contributed by atoms with Crippen molar-refractivity contribution in [3.63, 3.8) is 0 Å². The molecule has 1 fully saturated rings. The molecule has 0 radical (unpaired) electrons. The largest absolute Gasteiger partial charge is 0.394 e. The first-order valence-corrected chi connectivity index (χ1v) is 6.63. The lowest BCUT2D eigenvalue weighted by molar-refractivity contribution is 0.0873. The number of aliphatic hydroxyl groups is 1. The molecule has 18 heavy (non-hydrogen) atoms. The molecule has 1 aliphatic carbocycles. The maximum absolute atomic E-state index is 9.47. The van der Waals surface area contributed by atoms with E-state index in [1.54, 1.807) is 0 Å². The lowest BCUT2D eigenvalue weighted by Gasteiger charge is -2.41. The molecular formula is C15H20N2O. The summed E-state index contributed by atoms with van der Waals surface area (Å²) < 4.78 is 2.17. The highest BCUT2D eigenvalue weighted by molar-refractivity contribution is 5.83. The number of aliphatic hydroxyl groups excluding tert-OH is 1. The van der Waals surface area contributed by atoms with E-state index < -0.39 is 0 Å². The molecule has 0 unspecified atom stereocenters. The maximum atomic E-state index is 9.47. The van der Waals surface area contributed by atoms with Gasteiger partial charge in [0.25, 0.3) is 0 Å². The standard InChI is InChI=1S/C15H20N2O/c1-17-10-12(13-5-2-3-6-14(13)17)9-16-15(11-18)7-4-8-15/h2-3,5-6,10,16,18H,4,7-9,11H2,1H3. The van der Waals surface area contributed by atoms with Crippen LogP contribution in [-0.4, -0.2) is 21.8 Å². The van der Waals surface area contributed by atoms with Crippen LogP contribution in [0.4, 0.5) is 0 Å². The summed E-state index contributed by atoms with van der Waals surface area (Å²) in [4.78, 5) is 0. The summed E-state index contributed by atoms with van der Waals surface area (Å²) in [5.74, 6) is 0. The highest BCUT2D eigenvalue weighted by Gasteiger charge is 2.35. The van der Waals surface area contributed by atoms with E-state index in [1.165, 1.54) is 22.9 Å². The molecule has 1 aromatic heterocycles. The Labute approximate surface area is 107 Å². The Morgan fingerprint density at radius 2 is 2.11 bits per heavy atom.